The first kappa shape index (κ1) is 9.19. The van der Waals surface area contributed by atoms with Crippen LogP contribution in [0.25, 0.3) is 0 Å². The number of amides is 1. The minimum absolute atomic E-state index is 0.00657. The molecule has 0 spiro atoms. The van der Waals surface area contributed by atoms with Crippen molar-refractivity contribution in [3.8, 4) is 0 Å². The van der Waals surface area contributed by atoms with E-state index in [1.165, 1.54) is 4.90 Å². The average molecular weight is 170 g/mol. The molecule has 1 fully saturated rings. The number of rotatable bonds is 2. The molecule has 1 unspecified atom stereocenters. The van der Waals surface area contributed by atoms with Crippen LogP contribution >= 0.6 is 0 Å². The molecule has 68 valence electrons. The second kappa shape index (κ2) is 4.21. The van der Waals surface area contributed by atoms with Crippen molar-refractivity contribution in [3.05, 3.63) is 0 Å². The summed E-state index contributed by atoms with van der Waals surface area (Å²) < 4.78 is 0. The summed E-state index contributed by atoms with van der Waals surface area (Å²) in [6.07, 6.45) is 3.32. The van der Waals surface area contributed by atoms with Crippen molar-refractivity contribution in [2.75, 3.05) is 6.54 Å². The Morgan fingerprint density at radius 2 is 2.17 bits per heavy atom. The number of likely N-dealkylation sites (tertiary alicyclic amines) is 1. The lowest BCUT2D eigenvalue weighted by Crippen LogP contribution is -2.46. The molecule has 4 nitrogen and oxygen atoms in total. The minimum atomic E-state index is -0.740. The van der Waals surface area contributed by atoms with E-state index in [0.29, 0.717) is 19.3 Å². The molecule has 1 amide bonds. The van der Waals surface area contributed by atoms with Crippen molar-refractivity contribution in [1.82, 2.24) is 4.90 Å². The van der Waals surface area contributed by atoms with Crippen LogP contribution in [0.4, 0.5) is 0 Å². The fourth-order valence-electron chi connectivity index (χ4n) is 1.39. The summed E-state index contributed by atoms with van der Waals surface area (Å²) >= 11 is 0. The summed E-state index contributed by atoms with van der Waals surface area (Å²) in [6, 6.07) is 0. The van der Waals surface area contributed by atoms with Crippen molar-refractivity contribution >= 4 is 12.2 Å². The monoisotopic (exact) mass is 170 g/mol. The van der Waals surface area contributed by atoms with Crippen LogP contribution in [0, 0.1) is 0 Å². The van der Waals surface area contributed by atoms with Gasteiger partial charge in [0.25, 0.3) is 0 Å². The number of carbonyl (C=O) groups is 2. The van der Waals surface area contributed by atoms with Crippen molar-refractivity contribution < 1.29 is 9.59 Å². The van der Waals surface area contributed by atoms with Crippen molar-refractivity contribution in [2.24, 2.45) is 5.73 Å². The Kier molecular flexibility index (Phi) is 3.22. The van der Waals surface area contributed by atoms with Crippen molar-refractivity contribution in [2.45, 2.75) is 31.8 Å². The fraction of sp³-hybridized carbons (Fsp3) is 0.750. The molecule has 0 aromatic heterocycles. The second-order valence-corrected chi connectivity index (χ2v) is 3.02. The predicted octanol–water partition coefficient (Wildman–Crippen LogP) is -0.127. The van der Waals surface area contributed by atoms with Crippen LogP contribution in [0.3, 0.4) is 0 Å². The molecule has 0 saturated carbocycles. The molecule has 0 bridgehead atoms. The number of nitrogens with two attached hydrogens (primary N) is 1. The van der Waals surface area contributed by atoms with Crippen LogP contribution in [0.2, 0.25) is 0 Å². The molecular formula is C8H14N2O2. The molecule has 0 aliphatic carbocycles. The standard InChI is InChI=1S/C8H14N2O2/c9-7(6-11)10-5-3-1-2-4-8(10)12/h6-7H,1-5,9H2. The highest BCUT2D eigenvalue weighted by atomic mass is 16.2. The molecule has 1 aliphatic rings. The quantitative estimate of drug-likeness (QED) is 0.587. The average Bonchev–Trinajstić information content (AvgIpc) is 2.28. The first-order valence-electron chi connectivity index (χ1n) is 4.26. The third kappa shape index (κ3) is 2.04. The minimum Gasteiger partial charge on any atom is -0.321 e. The molecule has 1 aliphatic heterocycles. The number of hydrogen-bond acceptors (Lipinski definition) is 3. The van der Waals surface area contributed by atoms with E-state index in [9.17, 15) is 9.59 Å². The van der Waals surface area contributed by atoms with E-state index < -0.39 is 6.17 Å². The first-order valence-corrected chi connectivity index (χ1v) is 4.26. The van der Waals surface area contributed by atoms with Crippen molar-refractivity contribution in [3.63, 3.8) is 0 Å². The summed E-state index contributed by atoms with van der Waals surface area (Å²) in [7, 11) is 0. The summed E-state index contributed by atoms with van der Waals surface area (Å²) in [5, 5.41) is 0. The third-order valence-electron chi connectivity index (χ3n) is 2.11. The van der Waals surface area contributed by atoms with Gasteiger partial charge in [0, 0.05) is 13.0 Å². The Morgan fingerprint density at radius 1 is 1.42 bits per heavy atom. The number of hydrogen-bond donors (Lipinski definition) is 1. The Morgan fingerprint density at radius 3 is 2.83 bits per heavy atom. The molecule has 1 atom stereocenters. The van der Waals surface area contributed by atoms with E-state index in [4.69, 9.17) is 5.73 Å². The van der Waals surface area contributed by atoms with Gasteiger partial charge in [0.15, 0.2) is 6.29 Å². The predicted molar refractivity (Wildman–Crippen MR) is 44.2 cm³/mol. The Bertz CT molecular complexity index is 182. The van der Waals surface area contributed by atoms with Gasteiger partial charge in [0.05, 0.1) is 0 Å². The van der Waals surface area contributed by atoms with E-state index >= 15 is 0 Å². The van der Waals surface area contributed by atoms with Crippen LogP contribution in [0.5, 0.6) is 0 Å². The van der Waals surface area contributed by atoms with E-state index in [2.05, 4.69) is 0 Å². The van der Waals surface area contributed by atoms with E-state index in [-0.39, 0.29) is 5.91 Å². The van der Waals surface area contributed by atoms with Gasteiger partial charge >= 0.3 is 0 Å². The molecular weight excluding hydrogens is 156 g/mol. The van der Waals surface area contributed by atoms with E-state index in [1.54, 1.807) is 0 Å². The van der Waals surface area contributed by atoms with E-state index in [1.807, 2.05) is 0 Å². The molecule has 0 aromatic rings. The molecule has 1 saturated heterocycles. The molecule has 2 N–H and O–H groups in total. The summed E-state index contributed by atoms with van der Waals surface area (Å²) in [5.74, 6) is 0.00657. The van der Waals surface area contributed by atoms with Crippen LogP contribution in [-0.4, -0.2) is 29.8 Å². The maximum atomic E-state index is 11.3. The van der Waals surface area contributed by atoms with Gasteiger partial charge in [-0.1, -0.05) is 6.42 Å². The first-order chi connectivity index (χ1) is 5.75. The molecule has 1 rings (SSSR count). The summed E-state index contributed by atoms with van der Waals surface area (Å²) in [6.45, 7) is 0.624. The van der Waals surface area contributed by atoms with Gasteiger partial charge in [0.1, 0.15) is 6.17 Å². The lowest BCUT2D eigenvalue weighted by Gasteiger charge is -2.23. The molecule has 1 heterocycles. The lowest BCUT2D eigenvalue weighted by atomic mass is 10.2. The molecule has 0 radical (unpaired) electrons. The Hall–Kier alpha value is -0.900. The van der Waals surface area contributed by atoms with Crippen LogP contribution in [0.1, 0.15) is 25.7 Å². The van der Waals surface area contributed by atoms with Gasteiger partial charge in [-0.15, -0.1) is 0 Å². The maximum Gasteiger partial charge on any atom is 0.224 e. The normalized spacial score (nSPS) is 21.8. The largest absolute Gasteiger partial charge is 0.321 e. The third-order valence-corrected chi connectivity index (χ3v) is 2.11. The van der Waals surface area contributed by atoms with Crippen LogP contribution in [0.15, 0.2) is 0 Å². The Labute approximate surface area is 71.7 Å². The van der Waals surface area contributed by atoms with Crippen molar-refractivity contribution in [1.29, 1.82) is 0 Å². The lowest BCUT2D eigenvalue weighted by molar-refractivity contribution is -0.135. The zero-order chi connectivity index (χ0) is 8.97. The summed E-state index contributed by atoms with van der Waals surface area (Å²) in [5.41, 5.74) is 5.44. The zero-order valence-corrected chi connectivity index (χ0v) is 7.03. The van der Waals surface area contributed by atoms with E-state index in [0.717, 1.165) is 19.3 Å². The highest BCUT2D eigenvalue weighted by molar-refractivity contribution is 5.79. The number of carbonyl (C=O) groups excluding carboxylic acids is 2. The maximum absolute atomic E-state index is 11.3. The van der Waals surface area contributed by atoms with Gasteiger partial charge in [-0.25, -0.2) is 0 Å². The van der Waals surface area contributed by atoms with Gasteiger partial charge in [-0.2, -0.15) is 0 Å². The smallest absolute Gasteiger partial charge is 0.224 e. The number of nitrogens with zero attached hydrogens (tertiary/aromatic N) is 1. The second-order valence-electron chi connectivity index (χ2n) is 3.02. The highest BCUT2D eigenvalue weighted by Gasteiger charge is 2.21. The molecule has 4 heteroatoms. The molecule has 0 aromatic carbocycles. The van der Waals surface area contributed by atoms with Gasteiger partial charge < -0.3 is 10.6 Å². The van der Waals surface area contributed by atoms with Crippen LogP contribution < -0.4 is 5.73 Å². The van der Waals surface area contributed by atoms with Gasteiger partial charge in [-0.3, -0.25) is 9.59 Å². The topological polar surface area (TPSA) is 63.4 Å². The SMILES string of the molecule is NC(C=O)N1CCCCCC1=O. The zero-order valence-electron chi connectivity index (χ0n) is 7.03. The Balaban J connectivity index is 2.58. The molecule has 12 heavy (non-hydrogen) atoms. The van der Waals surface area contributed by atoms with Gasteiger partial charge in [0.2, 0.25) is 5.91 Å². The fourth-order valence-corrected chi connectivity index (χ4v) is 1.39. The summed E-state index contributed by atoms with van der Waals surface area (Å²) in [4.78, 5) is 23.1. The van der Waals surface area contributed by atoms with Gasteiger partial charge in [-0.05, 0) is 12.8 Å². The highest BCUT2D eigenvalue weighted by Crippen LogP contribution is 2.11. The van der Waals surface area contributed by atoms with Crippen LogP contribution in [-0.2, 0) is 9.59 Å². The number of aldehydes is 1.